The molecule has 1 amide bonds. The maximum absolute atomic E-state index is 12.2. The molecule has 0 saturated carbocycles. The maximum atomic E-state index is 12.2. The third-order valence-electron chi connectivity index (χ3n) is 3.19. The Labute approximate surface area is 129 Å². The van der Waals surface area contributed by atoms with E-state index >= 15 is 0 Å². The highest BCUT2D eigenvalue weighted by atomic mass is 16.6. The molecule has 1 heterocycles. The lowest BCUT2D eigenvalue weighted by Gasteiger charge is -2.13. The van der Waals surface area contributed by atoms with Crippen LogP contribution in [0.25, 0.3) is 10.9 Å². The summed E-state index contributed by atoms with van der Waals surface area (Å²) in [6.07, 6.45) is 0.0834. The Kier molecular flexibility index (Phi) is 4.86. The lowest BCUT2D eigenvalue weighted by molar-refractivity contribution is -0.384. The van der Waals surface area contributed by atoms with Gasteiger partial charge in [-0.1, -0.05) is 0 Å². The van der Waals surface area contributed by atoms with Crippen LogP contribution in [-0.2, 0) is 9.53 Å². The fourth-order valence-corrected chi connectivity index (χ4v) is 2.01. The number of carboxylic acid groups (broad SMARTS) is 1. The number of methoxy groups -OCH3 is 1. The second-order valence-corrected chi connectivity index (χ2v) is 4.70. The number of ether oxygens (including phenoxy) is 1. The molecule has 10 nitrogen and oxygen atoms in total. The number of nitro groups is 1. The number of carbonyl (C=O) groups is 2. The zero-order valence-electron chi connectivity index (χ0n) is 12.1. The average molecular weight is 322 g/mol. The van der Waals surface area contributed by atoms with Gasteiger partial charge in [0.2, 0.25) is 0 Å². The highest BCUT2D eigenvalue weighted by Crippen LogP contribution is 2.22. The number of rotatable bonds is 7. The smallest absolute Gasteiger partial charge is 0.326 e. The summed E-state index contributed by atoms with van der Waals surface area (Å²) in [5.41, 5.74) is 0.138. The highest BCUT2D eigenvalue weighted by Gasteiger charge is 2.23. The zero-order chi connectivity index (χ0) is 17.0. The Hall–Kier alpha value is -3.01. The van der Waals surface area contributed by atoms with Crippen LogP contribution in [0.1, 0.15) is 16.9 Å². The Bertz CT molecular complexity index is 756. The van der Waals surface area contributed by atoms with E-state index in [4.69, 9.17) is 9.84 Å². The van der Waals surface area contributed by atoms with Gasteiger partial charge in [-0.15, -0.1) is 0 Å². The molecule has 0 radical (unpaired) electrons. The summed E-state index contributed by atoms with van der Waals surface area (Å²) >= 11 is 0. The molecular weight excluding hydrogens is 308 g/mol. The predicted octanol–water partition coefficient (Wildman–Crippen LogP) is 0.691. The minimum Gasteiger partial charge on any atom is -0.480 e. The van der Waals surface area contributed by atoms with Crippen molar-refractivity contribution >= 4 is 28.5 Å². The Morgan fingerprint density at radius 1 is 1.52 bits per heavy atom. The van der Waals surface area contributed by atoms with Crippen LogP contribution in [0.5, 0.6) is 0 Å². The molecule has 0 saturated heterocycles. The molecule has 0 aliphatic carbocycles. The summed E-state index contributed by atoms with van der Waals surface area (Å²) in [4.78, 5) is 33.6. The number of amides is 1. The van der Waals surface area contributed by atoms with Gasteiger partial charge < -0.3 is 15.2 Å². The fourth-order valence-electron chi connectivity index (χ4n) is 2.01. The Balaban J connectivity index is 2.27. The number of aliphatic carboxylic acids is 1. The van der Waals surface area contributed by atoms with Crippen LogP contribution in [0.2, 0.25) is 0 Å². The number of fused-ring (bicyclic) bond motifs is 1. The zero-order valence-corrected chi connectivity index (χ0v) is 12.1. The van der Waals surface area contributed by atoms with Gasteiger partial charge in [0.05, 0.1) is 10.4 Å². The molecule has 1 unspecified atom stereocenters. The molecule has 1 aromatic carbocycles. The van der Waals surface area contributed by atoms with Gasteiger partial charge in [0, 0.05) is 37.7 Å². The highest BCUT2D eigenvalue weighted by molar-refractivity contribution is 6.06. The van der Waals surface area contributed by atoms with Crippen LogP contribution >= 0.6 is 0 Å². The molecule has 0 aliphatic rings. The minimum atomic E-state index is -1.21. The second kappa shape index (κ2) is 6.83. The van der Waals surface area contributed by atoms with E-state index in [9.17, 15) is 19.7 Å². The molecule has 1 aromatic heterocycles. The summed E-state index contributed by atoms with van der Waals surface area (Å²) in [7, 11) is 1.42. The lowest BCUT2D eigenvalue weighted by Crippen LogP contribution is -2.41. The van der Waals surface area contributed by atoms with Crippen molar-refractivity contribution in [1.82, 2.24) is 15.5 Å². The van der Waals surface area contributed by atoms with E-state index < -0.39 is 22.8 Å². The first-order valence-electron chi connectivity index (χ1n) is 6.59. The number of benzene rings is 1. The SMILES string of the molecule is COCCC(NC(=O)c1n[nH]c2ccc([N+](=O)[O-])cc12)C(=O)O. The number of carbonyl (C=O) groups excluding carboxylic acids is 1. The molecule has 0 aliphatic heterocycles. The quantitative estimate of drug-likeness (QED) is 0.501. The van der Waals surface area contributed by atoms with E-state index in [0.29, 0.717) is 5.52 Å². The van der Waals surface area contributed by atoms with E-state index in [0.717, 1.165) is 0 Å². The van der Waals surface area contributed by atoms with Gasteiger partial charge in [-0.25, -0.2) is 4.79 Å². The third kappa shape index (κ3) is 3.61. The molecule has 1 atom stereocenters. The molecule has 10 heteroatoms. The van der Waals surface area contributed by atoms with Crippen molar-refractivity contribution in [2.45, 2.75) is 12.5 Å². The number of nitrogens with zero attached hydrogens (tertiary/aromatic N) is 2. The number of nitrogens with one attached hydrogen (secondary N) is 2. The summed E-state index contributed by atoms with van der Waals surface area (Å²) in [5, 5.41) is 28.9. The van der Waals surface area contributed by atoms with Crippen LogP contribution in [0.15, 0.2) is 18.2 Å². The number of non-ortho nitro benzene ring substituents is 1. The monoisotopic (exact) mass is 322 g/mol. The number of nitro benzene ring substituents is 1. The van der Waals surface area contributed by atoms with Crippen molar-refractivity contribution in [1.29, 1.82) is 0 Å². The molecule has 0 bridgehead atoms. The van der Waals surface area contributed by atoms with Gasteiger partial charge in [0.15, 0.2) is 5.69 Å². The first-order chi connectivity index (χ1) is 10.9. The maximum Gasteiger partial charge on any atom is 0.326 e. The number of hydrogen-bond donors (Lipinski definition) is 3. The number of H-pyrrole nitrogens is 1. The van der Waals surface area contributed by atoms with Crippen LogP contribution < -0.4 is 5.32 Å². The van der Waals surface area contributed by atoms with Gasteiger partial charge in [0.1, 0.15) is 6.04 Å². The average Bonchev–Trinajstić information content (AvgIpc) is 2.93. The molecule has 3 N–H and O–H groups in total. The van der Waals surface area contributed by atoms with Crippen molar-refractivity contribution in [2.75, 3.05) is 13.7 Å². The summed E-state index contributed by atoms with van der Waals surface area (Å²) in [5.74, 6) is -1.94. The number of aromatic nitrogens is 2. The summed E-state index contributed by atoms with van der Waals surface area (Å²) in [6, 6.07) is 2.77. The predicted molar refractivity (Wildman–Crippen MR) is 78.1 cm³/mol. The Morgan fingerprint density at radius 2 is 2.26 bits per heavy atom. The van der Waals surface area contributed by atoms with Gasteiger partial charge in [-0.05, 0) is 6.07 Å². The van der Waals surface area contributed by atoms with Crippen LogP contribution in [0.3, 0.4) is 0 Å². The van der Waals surface area contributed by atoms with Crippen molar-refractivity contribution in [3.63, 3.8) is 0 Å². The van der Waals surface area contributed by atoms with E-state index in [1.807, 2.05) is 0 Å². The van der Waals surface area contributed by atoms with Crippen molar-refractivity contribution in [2.24, 2.45) is 0 Å². The topological polar surface area (TPSA) is 147 Å². The molecule has 2 rings (SSSR count). The Morgan fingerprint density at radius 3 is 2.87 bits per heavy atom. The van der Waals surface area contributed by atoms with Crippen LogP contribution in [0.4, 0.5) is 5.69 Å². The number of carboxylic acids is 1. The molecule has 23 heavy (non-hydrogen) atoms. The standard InChI is InChI=1S/C13H14N4O6/c1-23-5-4-10(13(19)20)14-12(18)11-8-6-7(17(21)22)2-3-9(8)15-16-11/h2-3,6,10H,4-5H2,1H3,(H,14,18)(H,15,16)(H,19,20). The van der Waals surface area contributed by atoms with Gasteiger partial charge >= 0.3 is 5.97 Å². The fraction of sp³-hybridized carbons (Fsp3) is 0.308. The van der Waals surface area contributed by atoms with Crippen LogP contribution in [0, 0.1) is 10.1 Å². The third-order valence-corrected chi connectivity index (χ3v) is 3.19. The van der Waals surface area contributed by atoms with Crippen molar-refractivity contribution < 1.29 is 24.4 Å². The van der Waals surface area contributed by atoms with E-state index in [1.165, 1.54) is 25.3 Å². The molecule has 122 valence electrons. The number of hydrogen-bond acceptors (Lipinski definition) is 6. The van der Waals surface area contributed by atoms with E-state index in [2.05, 4.69) is 15.5 Å². The summed E-state index contributed by atoms with van der Waals surface area (Å²) in [6.45, 7) is 0.157. The first kappa shape index (κ1) is 16.4. The van der Waals surface area contributed by atoms with Gasteiger partial charge in [-0.3, -0.25) is 20.0 Å². The van der Waals surface area contributed by atoms with E-state index in [1.54, 1.807) is 0 Å². The normalized spacial score (nSPS) is 12.0. The van der Waals surface area contributed by atoms with Gasteiger partial charge in [0.25, 0.3) is 11.6 Å². The molecule has 0 fully saturated rings. The lowest BCUT2D eigenvalue weighted by atomic mass is 10.1. The summed E-state index contributed by atoms with van der Waals surface area (Å²) < 4.78 is 4.80. The minimum absolute atomic E-state index is 0.0834. The molecular formula is C13H14N4O6. The molecule has 0 spiro atoms. The largest absolute Gasteiger partial charge is 0.480 e. The van der Waals surface area contributed by atoms with E-state index in [-0.39, 0.29) is 29.8 Å². The molecule has 2 aromatic rings. The van der Waals surface area contributed by atoms with Gasteiger partial charge in [-0.2, -0.15) is 5.10 Å². The number of aromatic amines is 1. The van der Waals surface area contributed by atoms with Crippen molar-refractivity contribution in [3.8, 4) is 0 Å². The first-order valence-corrected chi connectivity index (χ1v) is 6.59. The second-order valence-electron chi connectivity index (χ2n) is 4.70. The van der Waals surface area contributed by atoms with Crippen molar-refractivity contribution in [3.05, 3.63) is 34.0 Å². The van der Waals surface area contributed by atoms with Crippen LogP contribution in [-0.4, -0.2) is 51.9 Å².